The zero-order valence-electron chi connectivity index (χ0n) is 10.6. The zero-order valence-corrected chi connectivity index (χ0v) is 13.0. The maximum absolute atomic E-state index is 12.0. The zero-order chi connectivity index (χ0) is 14.2. The molecule has 0 radical (unpaired) electrons. The van der Waals surface area contributed by atoms with Gasteiger partial charge in [-0.15, -0.1) is 11.3 Å². The summed E-state index contributed by atoms with van der Waals surface area (Å²) in [5, 5.41) is 9.84. The van der Waals surface area contributed by atoms with E-state index in [0.717, 1.165) is 20.1 Å². The lowest BCUT2D eigenvalue weighted by Gasteiger charge is -2.02. The minimum absolute atomic E-state index is 0.0440. The van der Waals surface area contributed by atoms with Crippen LogP contribution in [0.25, 0.3) is 10.1 Å². The van der Waals surface area contributed by atoms with Crippen LogP contribution in [0, 0.1) is 12.8 Å². The maximum atomic E-state index is 12.0. The molecule has 3 nitrogen and oxygen atoms in total. The van der Waals surface area contributed by atoms with Crippen molar-refractivity contribution in [2.75, 3.05) is 0 Å². The number of carbonyl (C=O) groups is 2. The molecule has 1 heterocycles. The normalized spacial score (nSPS) is 12.6. The summed E-state index contributed by atoms with van der Waals surface area (Å²) in [6, 6.07) is 5.85. The van der Waals surface area contributed by atoms with Crippen LogP contribution in [-0.2, 0) is 4.79 Å². The second-order valence-corrected chi connectivity index (χ2v) is 6.55. The first-order valence-corrected chi connectivity index (χ1v) is 7.45. The van der Waals surface area contributed by atoms with Crippen LogP contribution in [0.5, 0.6) is 0 Å². The van der Waals surface area contributed by atoms with Crippen molar-refractivity contribution in [2.24, 2.45) is 5.92 Å². The van der Waals surface area contributed by atoms with Crippen LogP contribution in [-0.4, -0.2) is 16.9 Å². The number of halogens is 1. The third-order valence-electron chi connectivity index (χ3n) is 2.99. The highest BCUT2D eigenvalue weighted by Gasteiger charge is 2.18. The van der Waals surface area contributed by atoms with Gasteiger partial charge in [0.1, 0.15) is 0 Å². The average Bonchev–Trinajstić information content (AvgIpc) is 2.72. The Kier molecular flexibility index (Phi) is 4.06. The SMILES string of the molecule is Cc1cc2sc(C(=O)C[C@H](C)C(=O)O)cc2cc1Br. The number of carbonyl (C=O) groups excluding carboxylic acids is 1. The van der Waals surface area contributed by atoms with Gasteiger partial charge in [-0.3, -0.25) is 9.59 Å². The van der Waals surface area contributed by atoms with E-state index >= 15 is 0 Å². The summed E-state index contributed by atoms with van der Waals surface area (Å²) < 4.78 is 2.06. The van der Waals surface area contributed by atoms with E-state index < -0.39 is 11.9 Å². The first-order chi connectivity index (χ1) is 8.88. The van der Waals surface area contributed by atoms with Crippen molar-refractivity contribution in [2.45, 2.75) is 20.3 Å². The Morgan fingerprint density at radius 1 is 1.37 bits per heavy atom. The van der Waals surface area contributed by atoms with Crippen molar-refractivity contribution in [1.82, 2.24) is 0 Å². The van der Waals surface area contributed by atoms with Crippen molar-refractivity contribution >= 4 is 49.1 Å². The number of aryl methyl sites for hydroxylation is 1. The number of rotatable bonds is 4. The topological polar surface area (TPSA) is 54.4 Å². The third-order valence-corrected chi connectivity index (χ3v) is 4.98. The van der Waals surface area contributed by atoms with Crippen LogP contribution in [0.2, 0.25) is 0 Å². The lowest BCUT2D eigenvalue weighted by Crippen LogP contribution is -2.13. The van der Waals surface area contributed by atoms with Gasteiger partial charge < -0.3 is 5.11 Å². The van der Waals surface area contributed by atoms with Crippen molar-refractivity contribution in [3.8, 4) is 0 Å². The Labute approximate surface area is 123 Å². The van der Waals surface area contributed by atoms with Gasteiger partial charge in [0.25, 0.3) is 0 Å². The Morgan fingerprint density at radius 3 is 2.68 bits per heavy atom. The fraction of sp³-hybridized carbons (Fsp3) is 0.286. The van der Waals surface area contributed by atoms with E-state index in [2.05, 4.69) is 15.9 Å². The van der Waals surface area contributed by atoms with Crippen LogP contribution in [0.1, 0.15) is 28.6 Å². The molecule has 100 valence electrons. The van der Waals surface area contributed by atoms with Gasteiger partial charge in [0.15, 0.2) is 5.78 Å². The molecule has 0 unspecified atom stereocenters. The van der Waals surface area contributed by atoms with E-state index in [0.29, 0.717) is 4.88 Å². The van der Waals surface area contributed by atoms with Crippen LogP contribution in [0.15, 0.2) is 22.7 Å². The molecule has 0 aliphatic carbocycles. The number of hydrogen-bond acceptors (Lipinski definition) is 3. The fourth-order valence-electron chi connectivity index (χ4n) is 1.76. The summed E-state index contributed by atoms with van der Waals surface area (Å²) in [6.45, 7) is 3.55. The van der Waals surface area contributed by atoms with E-state index in [9.17, 15) is 9.59 Å². The number of carboxylic acids is 1. The predicted octanol–water partition coefficient (Wildman–Crippen LogP) is 4.27. The van der Waals surface area contributed by atoms with Crippen molar-refractivity contribution in [1.29, 1.82) is 0 Å². The smallest absolute Gasteiger partial charge is 0.306 e. The van der Waals surface area contributed by atoms with E-state index in [1.165, 1.54) is 11.3 Å². The lowest BCUT2D eigenvalue weighted by molar-refractivity contribution is -0.141. The minimum Gasteiger partial charge on any atom is -0.481 e. The first kappa shape index (κ1) is 14.2. The predicted molar refractivity (Wildman–Crippen MR) is 80.0 cm³/mol. The molecular weight excluding hydrogens is 328 g/mol. The summed E-state index contributed by atoms with van der Waals surface area (Å²) in [4.78, 5) is 23.4. The number of Topliss-reactive ketones (excluding diaryl/α,β-unsaturated/α-hetero) is 1. The molecule has 0 saturated heterocycles. The van der Waals surface area contributed by atoms with Gasteiger partial charge in [-0.1, -0.05) is 22.9 Å². The summed E-state index contributed by atoms with van der Waals surface area (Å²) in [6.07, 6.45) is 0.0440. The van der Waals surface area contributed by atoms with Gasteiger partial charge in [0.05, 0.1) is 10.8 Å². The monoisotopic (exact) mass is 340 g/mol. The molecule has 5 heteroatoms. The fourth-order valence-corrected chi connectivity index (χ4v) is 3.22. The number of aliphatic carboxylic acids is 1. The van der Waals surface area contributed by atoms with Gasteiger partial charge in [-0.25, -0.2) is 0 Å². The Bertz CT molecular complexity index is 621. The van der Waals surface area contributed by atoms with Gasteiger partial charge in [-0.05, 0) is 36.1 Å². The molecule has 0 bridgehead atoms. The van der Waals surface area contributed by atoms with Gasteiger partial charge in [-0.2, -0.15) is 0 Å². The number of ketones is 1. The molecule has 1 aromatic heterocycles. The largest absolute Gasteiger partial charge is 0.481 e. The summed E-state index contributed by atoms with van der Waals surface area (Å²) in [7, 11) is 0. The van der Waals surface area contributed by atoms with Crippen LogP contribution < -0.4 is 0 Å². The van der Waals surface area contributed by atoms with Crippen LogP contribution in [0.4, 0.5) is 0 Å². The Morgan fingerprint density at radius 2 is 2.05 bits per heavy atom. The van der Waals surface area contributed by atoms with E-state index in [-0.39, 0.29) is 12.2 Å². The number of carboxylic acid groups (broad SMARTS) is 1. The first-order valence-electron chi connectivity index (χ1n) is 5.84. The lowest BCUT2D eigenvalue weighted by atomic mass is 10.0. The molecular formula is C14H13BrO3S. The standard InChI is InChI=1S/C14H13BrO3S/c1-7-4-12-9(5-10(7)15)6-13(19-12)11(16)3-8(2)14(17)18/h4-6,8H,3H2,1-2H3,(H,17,18)/t8-/m0/s1. The van der Waals surface area contributed by atoms with Gasteiger partial charge in [0.2, 0.25) is 0 Å². The van der Waals surface area contributed by atoms with E-state index in [1.807, 2.05) is 25.1 Å². The quantitative estimate of drug-likeness (QED) is 0.845. The van der Waals surface area contributed by atoms with E-state index in [4.69, 9.17) is 5.11 Å². The highest BCUT2D eigenvalue weighted by atomic mass is 79.9. The molecule has 0 amide bonds. The summed E-state index contributed by atoms with van der Waals surface area (Å²) >= 11 is 4.88. The van der Waals surface area contributed by atoms with Crippen LogP contribution >= 0.6 is 27.3 Å². The molecule has 0 fully saturated rings. The summed E-state index contributed by atoms with van der Waals surface area (Å²) in [5.74, 6) is -1.69. The molecule has 0 saturated carbocycles. The molecule has 19 heavy (non-hydrogen) atoms. The molecule has 1 N–H and O–H groups in total. The molecule has 0 aliphatic rings. The van der Waals surface area contributed by atoms with Crippen LogP contribution in [0.3, 0.4) is 0 Å². The third kappa shape index (κ3) is 3.04. The molecule has 1 atom stereocenters. The second kappa shape index (κ2) is 5.43. The van der Waals surface area contributed by atoms with Crippen molar-refractivity contribution in [3.05, 3.63) is 33.1 Å². The average molecular weight is 341 g/mol. The molecule has 2 aromatic rings. The Balaban J connectivity index is 2.31. The summed E-state index contributed by atoms with van der Waals surface area (Å²) in [5.41, 5.74) is 1.12. The van der Waals surface area contributed by atoms with Gasteiger partial charge >= 0.3 is 5.97 Å². The van der Waals surface area contributed by atoms with Gasteiger partial charge in [0, 0.05) is 15.6 Å². The molecule has 0 spiro atoms. The maximum Gasteiger partial charge on any atom is 0.306 e. The number of thiophene rings is 1. The molecule has 0 aliphatic heterocycles. The van der Waals surface area contributed by atoms with Crippen molar-refractivity contribution in [3.63, 3.8) is 0 Å². The highest BCUT2D eigenvalue weighted by molar-refractivity contribution is 9.10. The molecule has 1 aromatic carbocycles. The minimum atomic E-state index is -0.937. The molecule has 2 rings (SSSR count). The number of fused-ring (bicyclic) bond motifs is 1. The van der Waals surface area contributed by atoms with E-state index in [1.54, 1.807) is 6.92 Å². The Hall–Kier alpha value is -1.20. The van der Waals surface area contributed by atoms with Crippen molar-refractivity contribution < 1.29 is 14.7 Å². The number of benzene rings is 1. The highest BCUT2D eigenvalue weighted by Crippen LogP contribution is 2.31. The second-order valence-electron chi connectivity index (χ2n) is 4.62. The number of hydrogen-bond donors (Lipinski definition) is 1.